The van der Waals surface area contributed by atoms with Crippen LogP contribution in [0.1, 0.15) is 39.5 Å². The van der Waals surface area contributed by atoms with Crippen LogP contribution in [-0.4, -0.2) is 25.1 Å². The van der Waals surface area contributed by atoms with Crippen molar-refractivity contribution in [2.24, 2.45) is 5.41 Å². The smallest absolute Gasteiger partial charge is 0.182 e. The van der Waals surface area contributed by atoms with Crippen molar-refractivity contribution in [2.75, 3.05) is 17.3 Å². The maximum absolute atomic E-state index is 11.7. The molecule has 2 rings (SSSR count). The fourth-order valence-electron chi connectivity index (χ4n) is 2.47. The molecule has 19 heavy (non-hydrogen) atoms. The van der Waals surface area contributed by atoms with E-state index in [2.05, 4.69) is 23.5 Å². The van der Waals surface area contributed by atoms with E-state index in [9.17, 15) is 8.42 Å². The Morgan fingerprint density at radius 2 is 1.95 bits per heavy atom. The Morgan fingerprint density at radius 1 is 1.37 bits per heavy atom. The van der Waals surface area contributed by atoms with Crippen LogP contribution in [0.15, 0.2) is 4.90 Å². The molecule has 0 saturated heterocycles. The predicted molar refractivity (Wildman–Crippen MR) is 79.3 cm³/mol. The van der Waals surface area contributed by atoms with Crippen molar-refractivity contribution in [3.63, 3.8) is 0 Å². The van der Waals surface area contributed by atoms with E-state index in [0.717, 1.165) is 37.2 Å². The highest BCUT2D eigenvalue weighted by Crippen LogP contribution is 2.38. The largest absolute Gasteiger partial charge is 0.382 e. The molecule has 7 heteroatoms. The van der Waals surface area contributed by atoms with Crippen LogP contribution < -0.4 is 11.1 Å². The van der Waals surface area contributed by atoms with Gasteiger partial charge in [-0.3, -0.25) is 0 Å². The fraction of sp³-hybridized carbons (Fsp3) is 0.750. The van der Waals surface area contributed by atoms with Crippen LogP contribution in [0.2, 0.25) is 0 Å². The SMILES string of the molecule is CC1(C)CCC(Nc2snc(N)c2S(C)(=O)=O)CC1. The van der Waals surface area contributed by atoms with Gasteiger partial charge in [-0.25, -0.2) is 8.42 Å². The molecule has 1 aromatic heterocycles. The van der Waals surface area contributed by atoms with Gasteiger partial charge in [-0.05, 0) is 42.6 Å². The van der Waals surface area contributed by atoms with Crippen LogP contribution in [0, 0.1) is 5.41 Å². The van der Waals surface area contributed by atoms with E-state index in [1.165, 1.54) is 6.26 Å². The van der Waals surface area contributed by atoms with Crippen LogP contribution in [-0.2, 0) is 9.84 Å². The molecule has 1 saturated carbocycles. The number of anilines is 2. The second-order valence-electron chi connectivity index (χ2n) is 6.08. The molecule has 0 amide bonds. The molecule has 1 aliphatic rings. The van der Waals surface area contributed by atoms with Crippen LogP contribution in [0.4, 0.5) is 10.8 Å². The van der Waals surface area contributed by atoms with E-state index in [1.807, 2.05) is 0 Å². The summed E-state index contributed by atoms with van der Waals surface area (Å²) in [5, 5.41) is 3.90. The summed E-state index contributed by atoms with van der Waals surface area (Å²) < 4.78 is 27.4. The second kappa shape index (κ2) is 4.94. The molecule has 0 radical (unpaired) electrons. The number of aromatic nitrogens is 1. The van der Waals surface area contributed by atoms with Crippen molar-refractivity contribution >= 4 is 32.2 Å². The van der Waals surface area contributed by atoms with Gasteiger partial charge in [-0.1, -0.05) is 13.8 Å². The summed E-state index contributed by atoms with van der Waals surface area (Å²) in [6.45, 7) is 4.55. The summed E-state index contributed by atoms with van der Waals surface area (Å²) in [6, 6.07) is 0.313. The zero-order chi connectivity index (χ0) is 14.3. The highest BCUT2D eigenvalue weighted by atomic mass is 32.2. The van der Waals surface area contributed by atoms with Gasteiger partial charge in [0, 0.05) is 12.3 Å². The van der Waals surface area contributed by atoms with Crippen molar-refractivity contribution in [3.05, 3.63) is 0 Å². The Balaban J connectivity index is 2.13. The van der Waals surface area contributed by atoms with E-state index in [0.29, 0.717) is 16.5 Å². The third-order valence-electron chi connectivity index (χ3n) is 3.72. The molecule has 1 heterocycles. The van der Waals surface area contributed by atoms with Gasteiger partial charge >= 0.3 is 0 Å². The van der Waals surface area contributed by atoms with Gasteiger partial charge in [0.1, 0.15) is 9.90 Å². The highest BCUT2D eigenvalue weighted by molar-refractivity contribution is 7.91. The first-order valence-corrected chi connectivity index (χ1v) is 9.07. The molecule has 0 unspecified atom stereocenters. The third-order valence-corrected chi connectivity index (χ3v) is 5.80. The quantitative estimate of drug-likeness (QED) is 0.896. The molecule has 0 spiro atoms. The number of sulfone groups is 1. The van der Waals surface area contributed by atoms with Gasteiger partial charge in [0.15, 0.2) is 15.7 Å². The van der Waals surface area contributed by atoms with Crippen molar-refractivity contribution in [2.45, 2.75) is 50.5 Å². The summed E-state index contributed by atoms with van der Waals surface area (Å²) in [5.41, 5.74) is 6.05. The molecular weight excluding hydrogens is 282 g/mol. The zero-order valence-corrected chi connectivity index (χ0v) is 13.2. The maximum Gasteiger partial charge on any atom is 0.182 e. The van der Waals surface area contributed by atoms with Gasteiger partial charge in [0.25, 0.3) is 0 Å². The van der Waals surface area contributed by atoms with Gasteiger partial charge < -0.3 is 11.1 Å². The summed E-state index contributed by atoms with van der Waals surface area (Å²) in [5.74, 6) is 0.103. The molecular formula is C12H21N3O2S2. The average Bonchev–Trinajstić information content (AvgIpc) is 2.62. The lowest BCUT2D eigenvalue weighted by atomic mass is 9.76. The Kier molecular flexibility index (Phi) is 3.79. The molecule has 1 aliphatic carbocycles. The average molecular weight is 303 g/mol. The molecule has 0 bridgehead atoms. The Bertz CT molecular complexity index is 554. The van der Waals surface area contributed by atoms with E-state index in [4.69, 9.17) is 5.73 Å². The monoisotopic (exact) mass is 303 g/mol. The summed E-state index contributed by atoms with van der Waals surface area (Å²) >= 11 is 1.13. The van der Waals surface area contributed by atoms with Crippen LogP contribution in [0.5, 0.6) is 0 Å². The van der Waals surface area contributed by atoms with Crippen molar-refractivity contribution < 1.29 is 8.42 Å². The first kappa shape index (κ1) is 14.6. The molecule has 1 aromatic rings. The van der Waals surface area contributed by atoms with Crippen LogP contribution in [0.3, 0.4) is 0 Å². The number of nitrogens with two attached hydrogens (primary N) is 1. The lowest BCUT2D eigenvalue weighted by Gasteiger charge is -2.34. The maximum atomic E-state index is 11.7. The first-order chi connectivity index (χ1) is 8.69. The predicted octanol–water partition coefficient (Wildman–Crippen LogP) is 2.51. The van der Waals surface area contributed by atoms with Gasteiger partial charge in [0.2, 0.25) is 0 Å². The van der Waals surface area contributed by atoms with Crippen LogP contribution >= 0.6 is 11.5 Å². The zero-order valence-electron chi connectivity index (χ0n) is 11.6. The fourth-order valence-corrected chi connectivity index (χ4v) is 4.61. The molecule has 0 atom stereocenters. The number of nitrogens with one attached hydrogen (secondary N) is 1. The highest BCUT2D eigenvalue weighted by Gasteiger charge is 2.29. The minimum atomic E-state index is -3.33. The van der Waals surface area contributed by atoms with Gasteiger partial charge in [-0.2, -0.15) is 4.37 Å². The minimum Gasteiger partial charge on any atom is -0.382 e. The van der Waals surface area contributed by atoms with Crippen molar-refractivity contribution in [1.29, 1.82) is 0 Å². The number of hydrogen-bond acceptors (Lipinski definition) is 6. The van der Waals surface area contributed by atoms with Crippen LogP contribution in [0.25, 0.3) is 0 Å². The number of hydrogen-bond donors (Lipinski definition) is 2. The van der Waals surface area contributed by atoms with E-state index in [1.54, 1.807) is 0 Å². The number of nitrogen functional groups attached to an aromatic ring is 1. The minimum absolute atomic E-state index is 0.103. The van der Waals surface area contributed by atoms with Crippen molar-refractivity contribution in [3.8, 4) is 0 Å². The molecule has 108 valence electrons. The number of nitrogens with zero attached hydrogens (tertiary/aromatic N) is 1. The Hall–Kier alpha value is -0.820. The van der Waals surface area contributed by atoms with Gasteiger partial charge in [-0.15, -0.1) is 0 Å². The third kappa shape index (κ3) is 3.39. The lowest BCUT2D eigenvalue weighted by molar-refractivity contribution is 0.232. The summed E-state index contributed by atoms with van der Waals surface area (Å²) in [4.78, 5) is 0.155. The summed E-state index contributed by atoms with van der Waals surface area (Å²) in [7, 11) is -3.33. The Morgan fingerprint density at radius 3 is 2.47 bits per heavy atom. The molecule has 0 aliphatic heterocycles. The lowest BCUT2D eigenvalue weighted by Crippen LogP contribution is -2.30. The van der Waals surface area contributed by atoms with E-state index < -0.39 is 9.84 Å². The molecule has 5 nitrogen and oxygen atoms in total. The molecule has 1 fully saturated rings. The molecule has 0 aromatic carbocycles. The topological polar surface area (TPSA) is 85.1 Å². The number of rotatable bonds is 3. The van der Waals surface area contributed by atoms with Crippen molar-refractivity contribution in [1.82, 2.24) is 4.37 Å². The standard InChI is InChI=1S/C12H21N3O2S2/c1-12(2)6-4-8(5-7-12)14-11-9(19(3,16)17)10(13)15-18-11/h8,14H,4-7H2,1-3H3,(H2,13,15). The Labute approximate surface area is 118 Å². The summed E-state index contributed by atoms with van der Waals surface area (Å²) in [6.07, 6.45) is 5.56. The first-order valence-electron chi connectivity index (χ1n) is 6.41. The second-order valence-corrected chi connectivity index (χ2v) is 8.81. The van der Waals surface area contributed by atoms with E-state index in [-0.39, 0.29) is 10.7 Å². The van der Waals surface area contributed by atoms with E-state index >= 15 is 0 Å². The normalized spacial score (nSPS) is 20.4. The molecule has 3 N–H and O–H groups in total. The van der Waals surface area contributed by atoms with Gasteiger partial charge in [0.05, 0.1) is 0 Å².